The number of nitrogens with zero attached hydrogens (tertiary/aromatic N) is 3. The van der Waals surface area contributed by atoms with Crippen LogP contribution in [0.2, 0.25) is 25.7 Å². The summed E-state index contributed by atoms with van der Waals surface area (Å²) in [5.74, 6) is -0.842. The van der Waals surface area contributed by atoms with Crippen LogP contribution in [0.25, 0.3) is 10.9 Å². The maximum absolute atomic E-state index is 13.8. The molecular weight excluding hydrogens is 293 g/mol. The Labute approximate surface area is 122 Å². The summed E-state index contributed by atoms with van der Waals surface area (Å²) in [5.41, 5.74) is 0.0908. The average molecular weight is 311 g/mol. The number of hydrogen-bond donors (Lipinski definition) is 0. The van der Waals surface area contributed by atoms with E-state index in [1.807, 2.05) is 0 Å². The SMILES string of the molecule is C[Si](C)(C)CCOCn1nc(F)c2c([N+](=O)[O-])cccc21. The number of ether oxygens (including phenoxy) is 1. The number of hydrogen-bond acceptors (Lipinski definition) is 4. The first kappa shape index (κ1) is 15.6. The normalized spacial score (nSPS) is 12.0. The van der Waals surface area contributed by atoms with Crippen LogP contribution in [0.1, 0.15) is 0 Å². The zero-order chi connectivity index (χ0) is 15.6. The van der Waals surface area contributed by atoms with Gasteiger partial charge in [0.2, 0.25) is 5.95 Å². The molecule has 0 bridgehead atoms. The van der Waals surface area contributed by atoms with Gasteiger partial charge >= 0.3 is 0 Å². The lowest BCUT2D eigenvalue weighted by atomic mass is 10.2. The molecular formula is C13H18FN3O3Si. The molecule has 114 valence electrons. The van der Waals surface area contributed by atoms with E-state index < -0.39 is 18.9 Å². The highest BCUT2D eigenvalue weighted by molar-refractivity contribution is 6.76. The van der Waals surface area contributed by atoms with Gasteiger partial charge < -0.3 is 4.74 Å². The minimum atomic E-state index is -1.19. The Kier molecular flexibility index (Phi) is 4.38. The molecule has 8 heteroatoms. The Morgan fingerprint density at radius 2 is 2.14 bits per heavy atom. The third-order valence-corrected chi connectivity index (χ3v) is 4.82. The first-order chi connectivity index (χ1) is 9.79. The number of benzene rings is 1. The third kappa shape index (κ3) is 3.64. The Bertz CT molecular complexity index is 666. The van der Waals surface area contributed by atoms with Crippen molar-refractivity contribution in [2.45, 2.75) is 32.4 Å². The van der Waals surface area contributed by atoms with Crippen LogP contribution in [0.4, 0.5) is 10.1 Å². The van der Waals surface area contributed by atoms with Crippen molar-refractivity contribution in [1.29, 1.82) is 0 Å². The van der Waals surface area contributed by atoms with Crippen LogP contribution in [-0.2, 0) is 11.5 Å². The van der Waals surface area contributed by atoms with E-state index in [4.69, 9.17) is 4.74 Å². The Morgan fingerprint density at radius 3 is 2.76 bits per heavy atom. The molecule has 0 aliphatic heterocycles. The summed E-state index contributed by atoms with van der Waals surface area (Å²) in [5, 5.41) is 14.5. The van der Waals surface area contributed by atoms with E-state index in [-0.39, 0.29) is 17.8 Å². The van der Waals surface area contributed by atoms with Crippen LogP contribution in [0.3, 0.4) is 0 Å². The largest absolute Gasteiger partial charge is 0.360 e. The van der Waals surface area contributed by atoms with Gasteiger partial charge in [-0.05, 0) is 12.1 Å². The highest BCUT2D eigenvalue weighted by Crippen LogP contribution is 2.27. The van der Waals surface area contributed by atoms with Gasteiger partial charge in [-0.1, -0.05) is 25.7 Å². The van der Waals surface area contributed by atoms with Gasteiger partial charge in [0.05, 0.1) is 10.4 Å². The maximum Gasteiger partial charge on any atom is 0.283 e. The van der Waals surface area contributed by atoms with E-state index >= 15 is 0 Å². The smallest absolute Gasteiger partial charge is 0.283 e. The van der Waals surface area contributed by atoms with Crippen molar-refractivity contribution in [3.8, 4) is 0 Å². The molecule has 0 fully saturated rings. The number of nitro groups is 1. The number of nitro benzene ring substituents is 1. The van der Waals surface area contributed by atoms with E-state index in [2.05, 4.69) is 24.7 Å². The number of non-ortho nitro benzene ring substituents is 1. The summed E-state index contributed by atoms with van der Waals surface area (Å²) in [4.78, 5) is 10.3. The molecule has 0 amide bonds. The van der Waals surface area contributed by atoms with Gasteiger partial charge in [0.1, 0.15) is 12.1 Å². The van der Waals surface area contributed by atoms with Gasteiger partial charge in [-0.15, -0.1) is 5.10 Å². The molecule has 2 rings (SSSR count). The van der Waals surface area contributed by atoms with Gasteiger partial charge in [-0.2, -0.15) is 4.39 Å². The molecule has 0 N–H and O–H groups in total. The number of rotatable bonds is 6. The Hall–Kier alpha value is -1.80. The van der Waals surface area contributed by atoms with E-state index in [1.165, 1.54) is 16.8 Å². The van der Waals surface area contributed by atoms with Gasteiger partial charge in [0.25, 0.3) is 5.69 Å². The zero-order valence-electron chi connectivity index (χ0n) is 12.3. The standard InChI is InChI=1S/C13H18FN3O3Si/c1-21(2,3)8-7-20-9-16-10-5-4-6-11(17(18)19)12(10)13(14)15-16/h4-6H,7-9H2,1-3H3. The maximum atomic E-state index is 13.8. The summed E-state index contributed by atoms with van der Waals surface area (Å²) in [6.07, 6.45) is 0. The van der Waals surface area contributed by atoms with Crippen molar-refractivity contribution in [3.05, 3.63) is 34.3 Å². The third-order valence-electron chi connectivity index (χ3n) is 3.12. The Morgan fingerprint density at radius 1 is 1.43 bits per heavy atom. The lowest BCUT2D eigenvalue weighted by molar-refractivity contribution is -0.383. The monoisotopic (exact) mass is 311 g/mol. The van der Waals surface area contributed by atoms with Crippen molar-refractivity contribution >= 4 is 24.7 Å². The second kappa shape index (κ2) is 5.90. The minimum Gasteiger partial charge on any atom is -0.360 e. The Balaban J connectivity index is 2.18. The first-order valence-corrected chi connectivity index (χ1v) is 10.4. The second-order valence-corrected chi connectivity index (χ2v) is 11.7. The summed E-state index contributed by atoms with van der Waals surface area (Å²) in [7, 11) is -1.19. The van der Waals surface area contributed by atoms with Crippen molar-refractivity contribution in [3.63, 3.8) is 0 Å². The lowest BCUT2D eigenvalue weighted by Crippen LogP contribution is -2.22. The van der Waals surface area contributed by atoms with Crippen LogP contribution in [0.15, 0.2) is 18.2 Å². The lowest BCUT2D eigenvalue weighted by Gasteiger charge is -2.15. The molecule has 0 saturated heterocycles. The predicted octanol–water partition coefficient (Wildman–Crippen LogP) is 3.40. The molecule has 0 radical (unpaired) electrons. The number of aromatic nitrogens is 2. The van der Waals surface area contributed by atoms with Crippen LogP contribution < -0.4 is 0 Å². The fourth-order valence-corrected chi connectivity index (χ4v) is 2.70. The van der Waals surface area contributed by atoms with E-state index in [9.17, 15) is 14.5 Å². The van der Waals surface area contributed by atoms with Crippen LogP contribution in [-0.4, -0.2) is 29.4 Å². The van der Waals surface area contributed by atoms with Crippen molar-refractivity contribution in [2.75, 3.05) is 6.61 Å². The van der Waals surface area contributed by atoms with Crippen LogP contribution in [0.5, 0.6) is 0 Å². The van der Waals surface area contributed by atoms with E-state index in [0.29, 0.717) is 12.1 Å². The van der Waals surface area contributed by atoms with Crippen LogP contribution >= 0.6 is 0 Å². The molecule has 2 aromatic rings. The summed E-state index contributed by atoms with van der Waals surface area (Å²) < 4.78 is 20.7. The van der Waals surface area contributed by atoms with Crippen molar-refractivity contribution in [2.24, 2.45) is 0 Å². The van der Waals surface area contributed by atoms with Crippen LogP contribution in [0, 0.1) is 16.1 Å². The molecule has 0 spiro atoms. The first-order valence-electron chi connectivity index (χ1n) is 6.67. The van der Waals surface area contributed by atoms with Gasteiger partial charge in [0, 0.05) is 20.7 Å². The average Bonchev–Trinajstić information content (AvgIpc) is 2.71. The molecule has 21 heavy (non-hydrogen) atoms. The molecule has 1 heterocycles. The quantitative estimate of drug-likeness (QED) is 0.355. The molecule has 0 atom stereocenters. The number of fused-ring (bicyclic) bond motifs is 1. The van der Waals surface area contributed by atoms with Gasteiger partial charge in [0.15, 0.2) is 0 Å². The summed E-state index contributed by atoms with van der Waals surface area (Å²) in [6, 6.07) is 5.37. The van der Waals surface area contributed by atoms with Crippen molar-refractivity contribution < 1.29 is 14.1 Å². The highest BCUT2D eigenvalue weighted by Gasteiger charge is 2.21. The molecule has 0 aliphatic rings. The van der Waals surface area contributed by atoms with E-state index in [0.717, 1.165) is 6.04 Å². The molecule has 0 aliphatic carbocycles. The van der Waals surface area contributed by atoms with E-state index in [1.54, 1.807) is 6.07 Å². The zero-order valence-corrected chi connectivity index (χ0v) is 13.3. The molecule has 0 unspecified atom stereocenters. The predicted molar refractivity (Wildman–Crippen MR) is 80.5 cm³/mol. The fraction of sp³-hybridized carbons (Fsp3) is 0.462. The van der Waals surface area contributed by atoms with Crippen molar-refractivity contribution in [1.82, 2.24) is 9.78 Å². The minimum absolute atomic E-state index is 0.0729. The topological polar surface area (TPSA) is 70.2 Å². The number of halogens is 1. The molecule has 1 aromatic heterocycles. The van der Waals surface area contributed by atoms with Gasteiger partial charge in [-0.3, -0.25) is 10.1 Å². The molecule has 6 nitrogen and oxygen atoms in total. The summed E-state index contributed by atoms with van der Waals surface area (Å²) >= 11 is 0. The molecule has 1 aromatic carbocycles. The fourth-order valence-electron chi connectivity index (χ4n) is 1.94. The highest BCUT2D eigenvalue weighted by atomic mass is 28.3. The van der Waals surface area contributed by atoms with Gasteiger partial charge in [-0.25, -0.2) is 4.68 Å². The molecule has 0 saturated carbocycles. The summed E-state index contributed by atoms with van der Waals surface area (Å²) in [6.45, 7) is 7.38. The second-order valence-electron chi connectivity index (χ2n) is 6.07.